The van der Waals surface area contributed by atoms with Crippen LogP contribution in [0.1, 0.15) is 66.3 Å². The second kappa shape index (κ2) is 18.4. The number of aliphatic hydroxyl groups is 1. The third-order valence-corrected chi connectivity index (χ3v) is 8.80. The average Bonchev–Trinajstić information content (AvgIpc) is 3.10. The van der Waals surface area contributed by atoms with Crippen molar-refractivity contribution in [2.45, 2.75) is 64.8 Å². The largest absolute Gasteiger partial charge is 0.497 e. The van der Waals surface area contributed by atoms with Gasteiger partial charge in [0.15, 0.2) is 0 Å². The van der Waals surface area contributed by atoms with Crippen LogP contribution in [0.2, 0.25) is 0 Å². The van der Waals surface area contributed by atoms with Gasteiger partial charge in [0.25, 0.3) is 5.91 Å². The third kappa shape index (κ3) is 10.9. The zero-order valence-corrected chi connectivity index (χ0v) is 29.6. The summed E-state index contributed by atoms with van der Waals surface area (Å²) in [6, 6.07) is 17.8. The SMILES string of the molecule is COc1ccc(NC(=O)Nc2ccc3c(c2)C(=O)N([C@@H](C)CO)C[C@H](C)[C@H](CN(C)Cc2ccc(C(=O)O)cc2)OCCCC[C@H](C)O3)cc1. The summed E-state index contributed by atoms with van der Waals surface area (Å²) in [5.74, 6) is -0.338. The number of hydrogen-bond acceptors (Lipinski definition) is 8. The predicted molar refractivity (Wildman–Crippen MR) is 192 cm³/mol. The molecule has 3 aromatic rings. The highest BCUT2D eigenvalue weighted by molar-refractivity contribution is 6.02. The molecule has 4 rings (SSSR count). The summed E-state index contributed by atoms with van der Waals surface area (Å²) in [5.41, 5.74) is 2.48. The first-order valence-corrected chi connectivity index (χ1v) is 17.0. The Labute approximate surface area is 294 Å². The molecule has 0 aromatic heterocycles. The van der Waals surface area contributed by atoms with Gasteiger partial charge >= 0.3 is 12.0 Å². The van der Waals surface area contributed by atoms with E-state index in [1.807, 2.05) is 33.0 Å². The van der Waals surface area contributed by atoms with Crippen molar-refractivity contribution in [3.05, 3.63) is 83.4 Å². The number of nitrogens with zero attached hydrogens (tertiary/aromatic N) is 2. The topological polar surface area (TPSA) is 150 Å². The van der Waals surface area contributed by atoms with Gasteiger partial charge in [-0.3, -0.25) is 9.69 Å². The maximum absolute atomic E-state index is 14.4. The molecular formula is C38H50N4O8. The molecule has 0 saturated carbocycles. The zero-order chi connectivity index (χ0) is 36.2. The van der Waals surface area contributed by atoms with Gasteiger partial charge in [0.1, 0.15) is 11.5 Å². The molecule has 0 radical (unpaired) electrons. The third-order valence-electron chi connectivity index (χ3n) is 8.80. The molecule has 12 nitrogen and oxygen atoms in total. The molecule has 4 atom stereocenters. The minimum Gasteiger partial charge on any atom is -0.497 e. The van der Waals surface area contributed by atoms with Crippen molar-refractivity contribution in [1.29, 1.82) is 0 Å². The van der Waals surface area contributed by atoms with Gasteiger partial charge in [-0.1, -0.05) is 19.1 Å². The van der Waals surface area contributed by atoms with Crippen molar-refractivity contribution >= 4 is 29.3 Å². The van der Waals surface area contributed by atoms with Crippen LogP contribution in [-0.2, 0) is 11.3 Å². The molecule has 0 spiro atoms. The molecule has 0 fully saturated rings. The molecule has 0 bridgehead atoms. The number of carbonyl (C=O) groups excluding carboxylic acids is 2. The van der Waals surface area contributed by atoms with Crippen LogP contribution in [0, 0.1) is 5.92 Å². The van der Waals surface area contributed by atoms with Gasteiger partial charge < -0.3 is 40.0 Å². The molecule has 3 aromatic carbocycles. The summed E-state index contributed by atoms with van der Waals surface area (Å²) in [6.45, 7) is 7.57. The number of amides is 3. The van der Waals surface area contributed by atoms with Crippen molar-refractivity contribution < 1.29 is 38.8 Å². The molecule has 270 valence electrons. The predicted octanol–water partition coefficient (Wildman–Crippen LogP) is 5.96. The molecule has 50 heavy (non-hydrogen) atoms. The number of carboxylic acid groups (broad SMARTS) is 1. The fourth-order valence-electron chi connectivity index (χ4n) is 5.87. The van der Waals surface area contributed by atoms with Crippen LogP contribution in [0.25, 0.3) is 0 Å². The first-order chi connectivity index (χ1) is 24.0. The molecule has 0 aliphatic carbocycles. The molecule has 12 heteroatoms. The second-order valence-corrected chi connectivity index (χ2v) is 13.0. The number of aliphatic hydroxyl groups excluding tert-OH is 1. The lowest BCUT2D eigenvalue weighted by Gasteiger charge is -2.36. The minimum atomic E-state index is -0.964. The zero-order valence-electron chi connectivity index (χ0n) is 29.6. The number of aromatic carboxylic acids is 1. The summed E-state index contributed by atoms with van der Waals surface area (Å²) in [6.07, 6.45) is 2.05. The fraction of sp³-hybridized carbons (Fsp3) is 0.447. The van der Waals surface area contributed by atoms with E-state index in [0.29, 0.717) is 49.1 Å². The number of ether oxygens (including phenoxy) is 3. The maximum Gasteiger partial charge on any atom is 0.335 e. The van der Waals surface area contributed by atoms with Crippen LogP contribution in [-0.4, -0.2) is 96.6 Å². The first-order valence-electron chi connectivity index (χ1n) is 17.0. The lowest BCUT2D eigenvalue weighted by molar-refractivity contribution is -0.0177. The number of methoxy groups -OCH3 is 1. The molecule has 3 amide bonds. The van der Waals surface area contributed by atoms with E-state index in [1.54, 1.807) is 73.5 Å². The van der Waals surface area contributed by atoms with E-state index in [9.17, 15) is 24.6 Å². The summed E-state index contributed by atoms with van der Waals surface area (Å²) in [4.78, 5) is 42.3. The average molecular weight is 691 g/mol. The number of benzene rings is 3. The van der Waals surface area contributed by atoms with Gasteiger partial charge in [-0.25, -0.2) is 9.59 Å². The molecule has 1 heterocycles. The number of carboxylic acids is 1. The summed E-state index contributed by atoms with van der Waals surface area (Å²) in [7, 11) is 3.56. The van der Waals surface area contributed by atoms with E-state index in [2.05, 4.69) is 15.5 Å². The van der Waals surface area contributed by atoms with Crippen LogP contribution >= 0.6 is 0 Å². The molecule has 0 saturated heterocycles. The van der Waals surface area contributed by atoms with E-state index < -0.39 is 18.0 Å². The molecular weight excluding hydrogens is 640 g/mol. The van der Waals surface area contributed by atoms with Crippen LogP contribution in [0.3, 0.4) is 0 Å². The number of carbonyl (C=O) groups is 3. The van der Waals surface area contributed by atoms with E-state index in [0.717, 1.165) is 24.8 Å². The van der Waals surface area contributed by atoms with Crippen LogP contribution < -0.4 is 20.1 Å². The maximum atomic E-state index is 14.4. The Bertz CT molecular complexity index is 1570. The number of rotatable bonds is 10. The highest BCUT2D eigenvalue weighted by Crippen LogP contribution is 2.29. The smallest absolute Gasteiger partial charge is 0.335 e. The molecule has 1 aliphatic heterocycles. The summed E-state index contributed by atoms with van der Waals surface area (Å²) >= 11 is 0. The second-order valence-electron chi connectivity index (χ2n) is 13.0. The normalized spacial score (nSPS) is 19.5. The Balaban J connectivity index is 1.56. The Morgan fingerprint density at radius 1 is 1.02 bits per heavy atom. The highest BCUT2D eigenvalue weighted by atomic mass is 16.5. The van der Waals surface area contributed by atoms with Gasteiger partial charge in [0.2, 0.25) is 0 Å². The van der Waals surface area contributed by atoms with Gasteiger partial charge in [0, 0.05) is 43.5 Å². The first kappa shape index (κ1) is 38.2. The van der Waals surface area contributed by atoms with Crippen LogP contribution in [0.4, 0.5) is 16.2 Å². The van der Waals surface area contributed by atoms with Gasteiger partial charge in [0.05, 0.1) is 43.1 Å². The van der Waals surface area contributed by atoms with Crippen molar-refractivity contribution in [2.75, 3.05) is 51.1 Å². The summed E-state index contributed by atoms with van der Waals surface area (Å²) in [5, 5.41) is 25.1. The number of hydrogen-bond donors (Lipinski definition) is 4. The van der Waals surface area contributed by atoms with E-state index >= 15 is 0 Å². The Hall–Kier alpha value is -4.65. The van der Waals surface area contributed by atoms with Gasteiger partial charge in [-0.05, 0) is 100 Å². The van der Waals surface area contributed by atoms with Crippen molar-refractivity contribution in [3.8, 4) is 11.5 Å². The van der Waals surface area contributed by atoms with E-state index in [-0.39, 0.29) is 41.8 Å². The van der Waals surface area contributed by atoms with Gasteiger partial charge in [-0.15, -0.1) is 0 Å². The van der Waals surface area contributed by atoms with Crippen molar-refractivity contribution in [2.24, 2.45) is 5.92 Å². The standard InChI is InChI=1S/C38H50N4O8/c1-25-21-42(26(2)24-43)36(44)33-20-31(40-38(47)39-30-13-16-32(48-5)17-14-30)15-18-34(33)50-27(3)8-6-7-19-49-35(25)23-41(4)22-28-9-11-29(12-10-28)37(45)46/h9-18,20,25-27,35,43H,6-8,19,21-24H2,1-5H3,(H,45,46)(H2,39,40,47)/t25-,26-,27-,35-/m0/s1. The number of urea groups is 1. The number of nitrogens with one attached hydrogen (secondary N) is 2. The lowest BCUT2D eigenvalue weighted by Crippen LogP contribution is -2.47. The number of likely N-dealkylation sites (N-methyl/N-ethyl adjacent to an activating group) is 1. The Morgan fingerprint density at radius 2 is 1.70 bits per heavy atom. The number of anilines is 2. The Morgan fingerprint density at radius 3 is 2.36 bits per heavy atom. The number of fused-ring (bicyclic) bond motifs is 1. The van der Waals surface area contributed by atoms with Crippen LogP contribution in [0.15, 0.2) is 66.7 Å². The van der Waals surface area contributed by atoms with Gasteiger partial charge in [-0.2, -0.15) is 0 Å². The fourth-order valence-corrected chi connectivity index (χ4v) is 5.87. The molecule has 1 aliphatic rings. The monoisotopic (exact) mass is 690 g/mol. The Kier molecular flexibility index (Phi) is 14.0. The van der Waals surface area contributed by atoms with Crippen molar-refractivity contribution in [3.63, 3.8) is 0 Å². The van der Waals surface area contributed by atoms with E-state index in [1.165, 1.54) is 0 Å². The summed E-state index contributed by atoms with van der Waals surface area (Å²) < 4.78 is 17.9. The van der Waals surface area contributed by atoms with Crippen LogP contribution in [0.5, 0.6) is 11.5 Å². The highest BCUT2D eigenvalue weighted by Gasteiger charge is 2.30. The molecule has 0 unspecified atom stereocenters. The van der Waals surface area contributed by atoms with Crippen molar-refractivity contribution in [1.82, 2.24) is 9.80 Å². The molecule has 4 N–H and O–H groups in total. The van der Waals surface area contributed by atoms with E-state index in [4.69, 9.17) is 14.2 Å². The minimum absolute atomic E-state index is 0.118. The quantitative estimate of drug-likeness (QED) is 0.202. The lowest BCUT2D eigenvalue weighted by atomic mass is 10.0.